The van der Waals surface area contributed by atoms with E-state index in [1.165, 1.54) is 6.07 Å². The summed E-state index contributed by atoms with van der Waals surface area (Å²) in [7, 11) is 1.82. The van der Waals surface area contributed by atoms with Gasteiger partial charge in [0.25, 0.3) is 0 Å². The number of phenolic OH excluding ortho intramolecular Hbond substituents is 2. The first-order valence-corrected chi connectivity index (χ1v) is 6.45. The monoisotopic (exact) mass is 281 g/mol. The first-order chi connectivity index (χ1) is 9.40. The zero-order chi connectivity index (χ0) is 14.9. The van der Waals surface area contributed by atoms with Crippen LogP contribution in [0, 0.1) is 5.92 Å². The topological polar surface area (TPSA) is 90.2 Å². The van der Waals surface area contributed by atoms with Gasteiger partial charge in [-0.2, -0.15) is 0 Å². The van der Waals surface area contributed by atoms with Gasteiger partial charge < -0.3 is 20.1 Å². The Labute approximate surface area is 117 Å². The first kappa shape index (κ1) is 14.6. The van der Waals surface area contributed by atoms with Gasteiger partial charge in [-0.1, -0.05) is 0 Å². The Kier molecular flexibility index (Phi) is 4.15. The highest BCUT2D eigenvalue weighted by molar-refractivity contribution is 5.71. The maximum absolute atomic E-state index is 11.2. The highest BCUT2D eigenvalue weighted by atomic mass is 16.5. The second kappa shape index (κ2) is 5.68. The van der Waals surface area contributed by atoms with E-state index >= 15 is 0 Å². The molecule has 3 atom stereocenters. The molecule has 6 heteroatoms. The molecule has 0 aromatic heterocycles. The summed E-state index contributed by atoms with van der Waals surface area (Å²) in [6.07, 6.45) is 0. The summed E-state index contributed by atoms with van der Waals surface area (Å²) in [5, 5.41) is 28.3. The zero-order valence-electron chi connectivity index (χ0n) is 11.5. The summed E-state index contributed by atoms with van der Waals surface area (Å²) >= 11 is 0. The molecule has 110 valence electrons. The number of aliphatic carboxylic acids is 1. The van der Waals surface area contributed by atoms with Gasteiger partial charge in [0.15, 0.2) is 0 Å². The molecule has 0 aliphatic carbocycles. The molecule has 6 nitrogen and oxygen atoms in total. The Hall–Kier alpha value is -1.79. The van der Waals surface area contributed by atoms with E-state index in [2.05, 4.69) is 0 Å². The van der Waals surface area contributed by atoms with Crippen molar-refractivity contribution in [1.82, 2.24) is 4.90 Å². The Balaban J connectivity index is 2.19. The average Bonchev–Trinajstić information content (AvgIpc) is 2.85. The van der Waals surface area contributed by atoms with Crippen LogP contribution in [0.5, 0.6) is 11.5 Å². The molecule has 2 rings (SSSR count). The van der Waals surface area contributed by atoms with Crippen molar-refractivity contribution in [3.05, 3.63) is 23.8 Å². The molecular formula is C14H19NO5. The van der Waals surface area contributed by atoms with Gasteiger partial charge in [0.05, 0.1) is 19.1 Å². The van der Waals surface area contributed by atoms with E-state index in [1.807, 2.05) is 18.9 Å². The van der Waals surface area contributed by atoms with Crippen LogP contribution < -0.4 is 0 Å². The number of phenols is 2. The fraction of sp³-hybridized carbons (Fsp3) is 0.500. The van der Waals surface area contributed by atoms with E-state index < -0.39 is 11.9 Å². The summed E-state index contributed by atoms with van der Waals surface area (Å²) in [5.74, 6) is -1.46. The predicted molar refractivity (Wildman–Crippen MR) is 71.7 cm³/mol. The Morgan fingerprint density at radius 1 is 1.30 bits per heavy atom. The number of nitrogens with zero attached hydrogens (tertiary/aromatic N) is 1. The lowest BCUT2D eigenvalue weighted by molar-refractivity contribution is -0.143. The van der Waals surface area contributed by atoms with Gasteiger partial charge in [-0.3, -0.25) is 9.69 Å². The van der Waals surface area contributed by atoms with Gasteiger partial charge in [0, 0.05) is 18.2 Å². The van der Waals surface area contributed by atoms with E-state index in [4.69, 9.17) is 4.74 Å². The van der Waals surface area contributed by atoms with Crippen molar-refractivity contribution in [1.29, 1.82) is 0 Å². The minimum Gasteiger partial charge on any atom is -0.508 e. The number of carbonyl (C=O) groups is 1. The lowest BCUT2D eigenvalue weighted by Gasteiger charge is -2.32. The molecule has 0 bridgehead atoms. The van der Waals surface area contributed by atoms with E-state index in [9.17, 15) is 20.1 Å². The lowest BCUT2D eigenvalue weighted by Crippen LogP contribution is -2.42. The SMILES string of the molecule is CC(c1cc(O)cc(O)c1)N(C)C1COCC1C(=O)O. The molecule has 1 saturated heterocycles. The van der Waals surface area contributed by atoms with E-state index in [-0.39, 0.29) is 30.2 Å². The third kappa shape index (κ3) is 2.86. The van der Waals surface area contributed by atoms with Gasteiger partial charge in [0.2, 0.25) is 0 Å². The lowest BCUT2D eigenvalue weighted by atomic mass is 9.98. The maximum atomic E-state index is 11.2. The molecule has 20 heavy (non-hydrogen) atoms. The number of benzene rings is 1. The summed E-state index contributed by atoms with van der Waals surface area (Å²) in [6, 6.07) is 4.00. The highest BCUT2D eigenvalue weighted by Gasteiger charge is 2.38. The summed E-state index contributed by atoms with van der Waals surface area (Å²) in [6.45, 7) is 2.47. The van der Waals surface area contributed by atoms with Crippen LogP contribution in [0.3, 0.4) is 0 Å². The number of likely N-dealkylation sites (N-methyl/N-ethyl adjacent to an activating group) is 1. The van der Waals surface area contributed by atoms with E-state index in [0.29, 0.717) is 6.61 Å². The molecule has 3 N–H and O–H groups in total. The van der Waals surface area contributed by atoms with Crippen LogP contribution >= 0.6 is 0 Å². The van der Waals surface area contributed by atoms with Gasteiger partial charge in [0.1, 0.15) is 11.5 Å². The van der Waals surface area contributed by atoms with Crippen molar-refractivity contribution in [2.75, 3.05) is 20.3 Å². The summed E-state index contributed by atoms with van der Waals surface area (Å²) < 4.78 is 5.26. The standard InChI is InChI=1S/C14H19NO5/c1-8(9-3-10(16)5-11(17)4-9)15(2)13-7-20-6-12(13)14(18)19/h3-5,8,12-13,16-17H,6-7H2,1-2H3,(H,18,19). The van der Waals surface area contributed by atoms with Crippen LogP contribution in [0.15, 0.2) is 18.2 Å². The molecule has 0 amide bonds. The van der Waals surface area contributed by atoms with Crippen LogP contribution in [0.2, 0.25) is 0 Å². The molecule has 1 aliphatic heterocycles. The molecule has 1 aromatic rings. The third-order valence-corrected chi connectivity index (χ3v) is 3.91. The number of carboxylic acids is 1. The maximum Gasteiger partial charge on any atom is 0.310 e. The smallest absolute Gasteiger partial charge is 0.310 e. The molecular weight excluding hydrogens is 262 g/mol. The number of hydrogen-bond donors (Lipinski definition) is 3. The molecule has 1 fully saturated rings. The van der Waals surface area contributed by atoms with Crippen LogP contribution in [-0.4, -0.2) is 52.5 Å². The van der Waals surface area contributed by atoms with Crippen molar-refractivity contribution >= 4 is 5.97 Å². The molecule has 0 radical (unpaired) electrons. The predicted octanol–water partition coefficient (Wildman–Crippen LogP) is 1.19. The Bertz CT molecular complexity index is 484. The minimum atomic E-state index is -0.870. The average molecular weight is 281 g/mol. The molecule has 1 aliphatic rings. The number of hydrogen-bond acceptors (Lipinski definition) is 5. The number of carboxylic acid groups (broad SMARTS) is 1. The van der Waals surface area contributed by atoms with Gasteiger partial charge in [-0.05, 0) is 31.7 Å². The second-order valence-corrected chi connectivity index (χ2v) is 5.17. The van der Waals surface area contributed by atoms with Crippen molar-refractivity contribution < 1.29 is 24.9 Å². The number of ether oxygens (including phenoxy) is 1. The van der Waals surface area contributed by atoms with E-state index in [0.717, 1.165) is 5.56 Å². The summed E-state index contributed by atoms with van der Waals surface area (Å²) in [4.78, 5) is 13.1. The fourth-order valence-electron chi connectivity index (χ4n) is 2.56. The molecule has 0 spiro atoms. The minimum absolute atomic E-state index is 0.0160. The second-order valence-electron chi connectivity index (χ2n) is 5.17. The fourth-order valence-corrected chi connectivity index (χ4v) is 2.56. The number of aromatic hydroxyl groups is 2. The summed E-state index contributed by atoms with van der Waals surface area (Å²) in [5.41, 5.74) is 0.723. The van der Waals surface area contributed by atoms with Crippen LogP contribution in [-0.2, 0) is 9.53 Å². The Morgan fingerprint density at radius 2 is 1.90 bits per heavy atom. The van der Waals surface area contributed by atoms with Crippen LogP contribution in [0.4, 0.5) is 0 Å². The molecule has 1 heterocycles. The van der Waals surface area contributed by atoms with E-state index in [1.54, 1.807) is 12.1 Å². The van der Waals surface area contributed by atoms with Crippen molar-refractivity contribution in [3.63, 3.8) is 0 Å². The van der Waals surface area contributed by atoms with Gasteiger partial charge in [-0.15, -0.1) is 0 Å². The van der Waals surface area contributed by atoms with Crippen molar-refractivity contribution in [3.8, 4) is 11.5 Å². The van der Waals surface area contributed by atoms with Gasteiger partial charge >= 0.3 is 5.97 Å². The Morgan fingerprint density at radius 3 is 2.45 bits per heavy atom. The first-order valence-electron chi connectivity index (χ1n) is 6.45. The van der Waals surface area contributed by atoms with Crippen molar-refractivity contribution in [2.45, 2.75) is 19.0 Å². The quantitative estimate of drug-likeness (QED) is 0.768. The van der Waals surface area contributed by atoms with Crippen LogP contribution in [0.25, 0.3) is 0 Å². The zero-order valence-corrected chi connectivity index (χ0v) is 11.5. The molecule has 0 saturated carbocycles. The third-order valence-electron chi connectivity index (χ3n) is 3.91. The number of rotatable bonds is 4. The largest absolute Gasteiger partial charge is 0.508 e. The normalized spacial score (nSPS) is 23.9. The highest BCUT2D eigenvalue weighted by Crippen LogP contribution is 2.31. The molecule has 1 aromatic carbocycles. The van der Waals surface area contributed by atoms with Crippen molar-refractivity contribution in [2.24, 2.45) is 5.92 Å². The van der Waals surface area contributed by atoms with Gasteiger partial charge in [-0.25, -0.2) is 0 Å². The molecule has 3 unspecified atom stereocenters. The van der Waals surface area contributed by atoms with Crippen LogP contribution in [0.1, 0.15) is 18.5 Å².